The van der Waals surface area contributed by atoms with Gasteiger partial charge in [-0.25, -0.2) is 9.97 Å². The van der Waals surface area contributed by atoms with Crippen molar-refractivity contribution in [2.75, 3.05) is 24.5 Å². The highest BCUT2D eigenvalue weighted by Crippen LogP contribution is 2.24. The molecule has 1 aliphatic heterocycles. The minimum atomic E-state index is -0.979. The smallest absolute Gasteiger partial charge is 0.254 e. The highest BCUT2D eigenvalue weighted by molar-refractivity contribution is 5.93. The van der Waals surface area contributed by atoms with Gasteiger partial charge >= 0.3 is 0 Å². The number of aromatic nitrogens is 4. The molecule has 1 aliphatic rings. The van der Waals surface area contributed by atoms with Crippen molar-refractivity contribution in [1.29, 1.82) is 0 Å². The van der Waals surface area contributed by atoms with Gasteiger partial charge in [-0.1, -0.05) is 0 Å². The molecule has 1 atom stereocenters. The van der Waals surface area contributed by atoms with E-state index in [4.69, 9.17) is 0 Å². The third kappa shape index (κ3) is 4.14. The Kier molecular flexibility index (Phi) is 4.98. The van der Waals surface area contributed by atoms with Crippen LogP contribution in [0.15, 0.2) is 24.8 Å². The summed E-state index contributed by atoms with van der Waals surface area (Å²) < 4.78 is 1.70. The summed E-state index contributed by atoms with van der Waals surface area (Å²) in [5, 5.41) is 17.8. The summed E-state index contributed by atoms with van der Waals surface area (Å²) in [5.74, 6) is 0.587. The minimum Gasteiger partial charge on any atom is -0.386 e. The molecule has 3 rings (SSSR count). The number of rotatable bonds is 5. The van der Waals surface area contributed by atoms with Gasteiger partial charge in [-0.3, -0.25) is 9.48 Å². The lowest BCUT2D eigenvalue weighted by atomic mass is 9.92. The first-order valence-electron chi connectivity index (χ1n) is 8.56. The quantitative estimate of drug-likeness (QED) is 0.831. The van der Waals surface area contributed by atoms with Gasteiger partial charge in [0.2, 0.25) is 0 Å². The molecule has 1 amide bonds. The second-order valence-electron chi connectivity index (χ2n) is 6.53. The molecule has 1 unspecified atom stereocenters. The summed E-state index contributed by atoms with van der Waals surface area (Å²) in [6, 6.07) is 1.91. The molecule has 2 aromatic rings. The van der Waals surface area contributed by atoms with Crippen molar-refractivity contribution in [3.8, 4) is 0 Å². The van der Waals surface area contributed by atoms with Gasteiger partial charge in [0.15, 0.2) is 0 Å². The zero-order chi connectivity index (χ0) is 17.9. The van der Waals surface area contributed by atoms with E-state index in [0.717, 1.165) is 24.5 Å². The maximum Gasteiger partial charge on any atom is 0.254 e. The second kappa shape index (κ2) is 7.18. The first-order chi connectivity index (χ1) is 12.0. The van der Waals surface area contributed by atoms with Gasteiger partial charge in [-0.15, -0.1) is 0 Å². The van der Waals surface area contributed by atoms with E-state index < -0.39 is 5.60 Å². The molecule has 0 radical (unpaired) electrons. The molecule has 0 saturated carbocycles. The number of hydrogen-bond acceptors (Lipinski definition) is 6. The number of carbonyl (C=O) groups is 1. The van der Waals surface area contributed by atoms with Crippen molar-refractivity contribution < 1.29 is 9.90 Å². The number of piperidine rings is 1. The van der Waals surface area contributed by atoms with Gasteiger partial charge in [0.1, 0.15) is 12.1 Å². The van der Waals surface area contributed by atoms with Crippen LogP contribution >= 0.6 is 0 Å². The molecule has 134 valence electrons. The topological polar surface area (TPSA) is 96.2 Å². The molecule has 0 bridgehead atoms. The summed E-state index contributed by atoms with van der Waals surface area (Å²) in [6.45, 7) is 6.04. The Hall–Kier alpha value is -2.48. The van der Waals surface area contributed by atoms with E-state index in [1.54, 1.807) is 17.1 Å². The standard InChI is InChI=1S/C17H24N6O2/c1-3-23-9-14(8-21-23)16(24)18-10-17(25)5-4-6-22(11-17)15-7-13(2)19-12-20-15/h7-9,12,25H,3-6,10-11H2,1-2H3,(H,18,24). The third-order valence-corrected chi connectivity index (χ3v) is 4.47. The Balaban J connectivity index is 1.62. The molecule has 2 N–H and O–H groups in total. The van der Waals surface area contributed by atoms with Crippen molar-refractivity contribution in [2.24, 2.45) is 0 Å². The van der Waals surface area contributed by atoms with E-state index in [1.165, 1.54) is 6.33 Å². The van der Waals surface area contributed by atoms with Crippen LogP contribution in [0.5, 0.6) is 0 Å². The highest BCUT2D eigenvalue weighted by Gasteiger charge is 2.34. The zero-order valence-corrected chi connectivity index (χ0v) is 14.6. The molecule has 0 aromatic carbocycles. The summed E-state index contributed by atoms with van der Waals surface area (Å²) in [7, 11) is 0. The van der Waals surface area contributed by atoms with Crippen LogP contribution in [0.2, 0.25) is 0 Å². The Labute approximate surface area is 146 Å². The van der Waals surface area contributed by atoms with E-state index in [-0.39, 0.29) is 12.5 Å². The largest absolute Gasteiger partial charge is 0.386 e. The van der Waals surface area contributed by atoms with Crippen LogP contribution in [-0.2, 0) is 6.54 Å². The first kappa shape index (κ1) is 17.3. The third-order valence-electron chi connectivity index (χ3n) is 4.47. The predicted octanol–water partition coefficient (Wildman–Crippen LogP) is 0.763. The Morgan fingerprint density at radius 3 is 3.00 bits per heavy atom. The number of nitrogens with one attached hydrogen (secondary N) is 1. The Morgan fingerprint density at radius 1 is 1.44 bits per heavy atom. The average Bonchev–Trinajstić information content (AvgIpc) is 3.09. The zero-order valence-electron chi connectivity index (χ0n) is 14.6. The fourth-order valence-corrected chi connectivity index (χ4v) is 3.07. The lowest BCUT2D eigenvalue weighted by Crippen LogP contribution is -2.54. The van der Waals surface area contributed by atoms with Crippen LogP contribution in [0.25, 0.3) is 0 Å². The highest BCUT2D eigenvalue weighted by atomic mass is 16.3. The van der Waals surface area contributed by atoms with Gasteiger partial charge in [0.25, 0.3) is 5.91 Å². The van der Waals surface area contributed by atoms with Gasteiger partial charge in [0.05, 0.1) is 17.4 Å². The van der Waals surface area contributed by atoms with Crippen LogP contribution in [0.3, 0.4) is 0 Å². The van der Waals surface area contributed by atoms with E-state index in [0.29, 0.717) is 25.1 Å². The number of aryl methyl sites for hydroxylation is 2. The normalized spacial score (nSPS) is 20.5. The Morgan fingerprint density at radius 2 is 2.28 bits per heavy atom. The van der Waals surface area contributed by atoms with Gasteiger partial charge in [0, 0.05) is 44.1 Å². The van der Waals surface area contributed by atoms with Crippen LogP contribution in [0, 0.1) is 6.92 Å². The fourth-order valence-electron chi connectivity index (χ4n) is 3.07. The van der Waals surface area contributed by atoms with Gasteiger partial charge in [-0.05, 0) is 26.7 Å². The molecule has 1 fully saturated rings. The first-order valence-corrected chi connectivity index (χ1v) is 8.56. The molecule has 2 aromatic heterocycles. The van der Waals surface area contributed by atoms with E-state index in [1.807, 2.05) is 24.8 Å². The summed E-state index contributed by atoms with van der Waals surface area (Å²) >= 11 is 0. The number of amides is 1. The monoisotopic (exact) mass is 344 g/mol. The summed E-state index contributed by atoms with van der Waals surface area (Å²) in [4.78, 5) is 22.7. The maximum atomic E-state index is 12.2. The van der Waals surface area contributed by atoms with Crippen LogP contribution in [0.1, 0.15) is 35.8 Å². The number of aliphatic hydroxyl groups is 1. The van der Waals surface area contributed by atoms with Crippen molar-refractivity contribution in [1.82, 2.24) is 25.1 Å². The average molecular weight is 344 g/mol. The van der Waals surface area contributed by atoms with Crippen LogP contribution in [-0.4, -0.2) is 56.0 Å². The summed E-state index contributed by atoms with van der Waals surface area (Å²) in [6.07, 6.45) is 6.26. The molecule has 0 aliphatic carbocycles. The fraction of sp³-hybridized carbons (Fsp3) is 0.529. The van der Waals surface area contributed by atoms with E-state index >= 15 is 0 Å². The van der Waals surface area contributed by atoms with Crippen molar-refractivity contribution in [3.05, 3.63) is 36.0 Å². The minimum absolute atomic E-state index is 0.198. The lowest BCUT2D eigenvalue weighted by Gasteiger charge is -2.39. The van der Waals surface area contributed by atoms with Crippen molar-refractivity contribution in [3.63, 3.8) is 0 Å². The van der Waals surface area contributed by atoms with Crippen LogP contribution < -0.4 is 10.2 Å². The predicted molar refractivity (Wildman–Crippen MR) is 93.4 cm³/mol. The SMILES string of the molecule is CCn1cc(C(=O)NCC2(O)CCCN(c3cc(C)ncn3)C2)cn1. The lowest BCUT2D eigenvalue weighted by molar-refractivity contribution is 0.0254. The van der Waals surface area contributed by atoms with Crippen molar-refractivity contribution >= 4 is 11.7 Å². The molecule has 0 spiro atoms. The van der Waals surface area contributed by atoms with E-state index in [2.05, 4.69) is 20.4 Å². The van der Waals surface area contributed by atoms with Gasteiger partial charge < -0.3 is 15.3 Å². The number of carbonyl (C=O) groups excluding carboxylic acids is 1. The molecule has 8 heteroatoms. The number of β-amino-alcohol motifs (C(OH)–C–C–N with tert-alkyl or cyclic N) is 1. The van der Waals surface area contributed by atoms with Gasteiger partial charge in [-0.2, -0.15) is 5.10 Å². The number of hydrogen-bond donors (Lipinski definition) is 2. The Bertz CT molecular complexity index is 746. The molecule has 1 saturated heterocycles. The van der Waals surface area contributed by atoms with E-state index in [9.17, 15) is 9.90 Å². The summed E-state index contributed by atoms with van der Waals surface area (Å²) in [5.41, 5.74) is 0.415. The molecular formula is C17H24N6O2. The van der Waals surface area contributed by atoms with Crippen LogP contribution in [0.4, 0.5) is 5.82 Å². The number of nitrogens with zero attached hydrogens (tertiary/aromatic N) is 5. The second-order valence-corrected chi connectivity index (χ2v) is 6.53. The van der Waals surface area contributed by atoms with Crippen molar-refractivity contribution in [2.45, 2.75) is 38.8 Å². The molecule has 3 heterocycles. The molecule has 8 nitrogen and oxygen atoms in total. The number of anilines is 1. The molecule has 25 heavy (non-hydrogen) atoms. The maximum absolute atomic E-state index is 12.2. The molecular weight excluding hydrogens is 320 g/mol.